The van der Waals surface area contributed by atoms with E-state index < -0.39 is 0 Å². The molecular weight excluding hydrogens is 380 g/mol. The number of phenolic OH excluding ortho intramolecular Hbond substituents is 1. The number of nitrogens with zero attached hydrogens (tertiary/aromatic N) is 2. The number of hydrogen-bond donors (Lipinski definition) is 1. The molecule has 1 atom stereocenters. The Hall–Kier alpha value is -2.44. The molecule has 2 heterocycles. The Balaban J connectivity index is 1.46. The highest BCUT2D eigenvalue weighted by atomic mass is 16.5. The number of hydrogen-bond acceptors (Lipinski definition) is 6. The van der Waals surface area contributed by atoms with Crippen molar-refractivity contribution in [2.45, 2.75) is 38.4 Å². The van der Waals surface area contributed by atoms with Crippen molar-refractivity contribution >= 4 is 0 Å². The number of fused-ring (bicyclic) bond motifs is 1. The first-order valence-corrected chi connectivity index (χ1v) is 10.7. The molecule has 1 fully saturated rings. The number of methoxy groups -OCH3 is 3. The summed E-state index contributed by atoms with van der Waals surface area (Å²) in [6.45, 7) is 4.75. The number of ether oxygens (including phenoxy) is 3. The van der Waals surface area contributed by atoms with E-state index >= 15 is 0 Å². The Morgan fingerprint density at radius 1 is 0.967 bits per heavy atom. The van der Waals surface area contributed by atoms with Crippen molar-refractivity contribution < 1.29 is 19.3 Å². The number of benzene rings is 2. The first-order chi connectivity index (χ1) is 14.6. The second-order valence-electron chi connectivity index (χ2n) is 8.19. The lowest BCUT2D eigenvalue weighted by Gasteiger charge is -2.41. The molecule has 2 aliphatic rings. The zero-order chi connectivity index (χ0) is 21.1. The van der Waals surface area contributed by atoms with Gasteiger partial charge in [0.2, 0.25) is 0 Å². The van der Waals surface area contributed by atoms with Crippen molar-refractivity contribution in [2.75, 3.05) is 41.0 Å². The maximum absolute atomic E-state index is 10.3. The van der Waals surface area contributed by atoms with Crippen LogP contribution in [0.25, 0.3) is 0 Å². The summed E-state index contributed by atoms with van der Waals surface area (Å²) < 4.78 is 16.5. The third-order valence-electron chi connectivity index (χ3n) is 6.45. The van der Waals surface area contributed by atoms with Crippen LogP contribution >= 0.6 is 0 Å². The van der Waals surface area contributed by atoms with Gasteiger partial charge in [-0.1, -0.05) is 6.07 Å². The SMILES string of the molecule is COc1cc2c(cc1OC)CN([C@@H]1CCCN(Cc3c(O)cccc3OC)C1)CC2. The number of phenols is 1. The topological polar surface area (TPSA) is 54.4 Å². The summed E-state index contributed by atoms with van der Waals surface area (Å²) in [6, 6.07) is 10.3. The average molecular weight is 413 g/mol. The quantitative estimate of drug-likeness (QED) is 0.785. The molecular formula is C24H32N2O4. The van der Waals surface area contributed by atoms with E-state index in [2.05, 4.69) is 21.9 Å². The lowest BCUT2D eigenvalue weighted by atomic mass is 9.95. The molecule has 2 aliphatic heterocycles. The van der Waals surface area contributed by atoms with Crippen molar-refractivity contribution in [1.29, 1.82) is 0 Å². The maximum atomic E-state index is 10.3. The molecule has 162 valence electrons. The monoisotopic (exact) mass is 412 g/mol. The Bertz CT molecular complexity index is 886. The highest BCUT2D eigenvalue weighted by Gasteiger charge is 2.29. The summed E-state index contributed by atoms with van der Waals surface area (Å²) in [7, 11) is 5.04. The molecule has 0 amide bonds. The molecule has 2 aromatic carbocycles. The molecule has 6 heteroatoms. The van der Waals surface area contributed by atoms with Crippen LogP contribution in [-0.4, -0.2) is 61.9 Å². The normalized spacial score (nSPS) is 19.9. The predicted octanol–water partition coefficient (Wildman–Crippen LogP) is 3.44. The van der Waals surface area contributed by atoms with Gasteiger partial charge in [-0.15, -0.1) is 0 Å². The zero-order valence-electron chi connectivity index (χ0n) is 18.2. The van der Waals surface area contributed by atoms with Crippen molar-refractivity contribution in [3.05, 3.63) is 47.0 Å². The zero-order valence-corrected chi connectivity index (χ0v) is 18.2. The lowest BCUT2D eigenvalue weighted by Crippen LogP contribution is -2.49. The van der Waals surface area contributed by atoms with Gasteiger partial charge in [-0.05, 0) is 61.2 Å². The second kappa shape index (κ2) is 9.14. The van der Waals surface area contributed by atoms with E-state index in [4.69, 9.17) is 14.2 Å². The molecule has 0 bridgehead atoms. The van der Waals surface area contributed by atoms with Crippen LogP contribution < -0.4 is 14.2 Å². The molecule has 0 aromatic heterocycles. The van der Waals surface area contributed by atoms with Crippen LogP contribution in [0, 0.1) is 0 Å². The van der Waals surface area contributed by atoms with Gasteiger partial charge in [-0.2, -0.15) is 0 Å². The van der Waals surface area contributed by atoms with Crippen LogP contribution in [0.4, 0.5) is 0 Å². The summed E-state index contributed by atoms with van der Waals surface area (Å²) in [5, 5.41) is 10.3. The molecule has 0 saturated carbocycles. The van der Waals surface area contributed by atoms with Gasteiger partial charge < -0.3 is 19.3 Å². The summed E-state index contributed by atoms with van der Waals surface area (Å²) in [5.74, 6) is 2.68. The molecule has 4 rings (SSSR count). The van der Waals surface area contributed by atoms with Gasteiger partial charge in [0.1, 0.15) is 11.5 Å². The summed E-state index contributed by atoms with van der Waals surface area (Å²) >= 11 is 0. The van der Waals surface area contributed by atoms with E-state index in [0.29, 0.717) is 18.3 Å². The average Bonchev–Trinajstić information content (AvgIpc) is 2.79. The van der Waals surface area contributed by atoms with Crippen molar-refractivity contribution in [1.82, 2.24) is 9.80 Å². The van der Waals surface area contributed by atoms with Crippen LogP contribution in [0.1, 0.15) is 29.5 Å². The first kappa shape index (κ1) is 20.8. The fraction of sp³-hybridized carbons (Fsp3) is 0.500. The van der Waals surface area contributed by atoms with E-state index in [1.54, 1.807) is 27.4 Å². The molecule has 1 N–H and O–H groups in total. The first-order valence-electron chi connectivity index (χ1n) is 10.7. The minimum atomic E-state index is 0.310. The molecule has 2 aromatic rings. The predicted molar refractivity (Wildman–Crippen MR) is 117 cm³/mol. The van der Waals surface area contributed by atoms with Gasteiger partial charge in [0.15, 0.2) is 11.5 Å². The third kappa shape index (κ3) is 4.20. The highest BCUT2D eigenvalue weighted by Crippen LogP contribution is 2.35. The third-order valence-corrected chi connectivity index (χ3v) is 6.45. The van der Waals surface area contributed by atoms with Crippen LogP contribution in [0.3, 0.4) is 0 Å². The van der Waals surface area contributed by atoms with E-state index in [9.17, 15) is 5.11 Å². The largest absolute Gasteiger partial charge is 0.507 e. The van der Waals surface area contributed by atoms with Gasteiger partial charge >= 0.3 is 0 Å². The lowest BCUT2D eigenvalue weighted by molar-refractivity contribution is 0.0828. The van der Waals surface area contributed by atoms with E-state index in [1.807, 2.05) is 12.1 Å². The van der Waals surface area contributed by atoms with Crippen molar-refractivity contribution in [2.24, 2.45) is 0 Å². The number of piperidine rings is 1. The fourth-order valence-corrected chi connectivity index (χ4v) is 4.82. The summed E-state index contributed by atoms with van der Waals surface area (Å²) in [5.41, 5.74) is 3.57. The minimum absolute atomic E-state index is 0.310. The van der Waals surface area contributed by atoms with Gasteiger partial charge in [0.25, 0.3) is 0 Å². The molecule has 0 aliphatic carbocycles. The summed E-state index contributed by atoms with van der Waals surface area (Å²) in [4.78, 5) is 5.04. The molecule has 1 saturated heterocycles. The van der Waals surface area contributed by atoms with E-state index in [-0.39, 0.29) is 0 Å². The molecule has 0 spiro atoms. The molecule has 6 nitrogen and oxygen atoms in total. The van der Waals surface area contributed by atoms with Gasteiger partial charge in [0, 0.05) is 37.8 Å². The molecule has 0 unspecified atom stereocenters. The Morgan fingerprint density at radius 2 is 1.70 bits per heavy atom. The van der Waals surface area contributed by atoms with Gasteiger partial charge in [0.05, 0.1) is 21.3 Å². The number of likely N-dealkylation sites (tertiary alicyclic amines) is 1. The molecule has 30 heavy (non-hydrogen) atoms. The number of rotatable bonds is 6. The highest BCUT2D eigenvalue weighted by molar-refractivity contribution is 5.48. The number of aromatic hydroxyl groups is 1. The minimum Gasteiger partial charge on any atom is -0.507 e. The van der Waals surface area contributed by atoms with Crippen molar-refractivity contribution in [3.8, 4) is 23.0 Å². The van der Waals surface area contributed by atoms with Crippen molar-refractivity contribution in [3.63, 3.8) is 0 Å². The molecule has 0 radical (unpaired) electrons. The van der Waals surface area contributed by atoms with Crippen LogP contribution in [-0.2, 0) is 19.5 Å². The Labute approximate surface area is 179 Å². The van der Waals surface area contributed by atoms with Gasteiger partial charge in [-0.25, -0.2) is 0 Å². The Kier molecular flexibility index (Phi) is 6.35. The van der Waals surface area contributed by atoms with Crippen LogP contribution in [0.15, 0.2) is 30.3 Å². The van der Waals surface area contributed by atoms with Crippen LogP contribution in [0.5, 0.6) is 23.0 Å². The van der Waals surface area contributed by atoms with Crippen LogP contribution in [0.2, 0.25) is 0 Å². The summed E-state index contributed by atoms with van der Waals surface area (Å²) in [6.07, 6.45) is 3.40. The Morgan fingerprint density at radius 3 is 2.43 bits per heavy atom. The maximum Gasteiger partial charge on any atom is 0.161 e. The second-order valence-corrected chi connectivity index (χ2v) is 8.19. The van der Waals surface area contributed by atoms with E-state index in [0.717, 1.165) is 61.8 Å². The standard InChI is InChI=1S/C24H32N2O4/c1-28-22-8-4-7-21(27)20(22)16-25-10-5-6-19(15-25)26-11-9-17-12-23(29-2)24(30-3)13-18(17)14-26/h4,7-8,12-13,19,27H,5-6,9-11,14-16H2,1-3H3/t19-/m1/s1. The van der Waals surface area contributed by atoms with E-state index in [1.165, 1.54) is 17.5 Å². The fourth-order valence-electron chi connectivity index (χ4n) is 4.82. The van der Waals surface area contributed by atoms with Gasteiger partial charge in [-0.3, -0.25) is 9.80 Å². The smallest absolute Gasteiger partial charge is 0.161 e.